The summed E-state index contributed by atoms with van der Waals surface area (Å²) in [6, 6.07) is 4.26. The second kappa shape index (κ2) is 3.09. The van der Waals surface area contributed by atoms with Crippen LogP contribution < -0.4 is 5.32 Å². The summed E-state index contributed by atoms with van der Waals surface area (Å²) in [5, 5.41) is 11.6. The molecular formula is C10H12ClN3. The zero-order chi connectivity index (χ0) is 9.54. The first kappa shape index (κ1) is 8.48. The third kappa shape index (κ3) is 1.57. The lowest BCUT2D eigenvalue weighted by Crippen LogP contribution is -2.17. The fourth-order valence-electron chi connectivity index (χ4n) is 2.43. The van der Waals surface area contributed by atoms with E-state index in [2.05, 4.69) is 15.5 Å². The van der Waals surface area contributed by atoms with Crippen LogP contribution in [0.1, 0.15) is 19.3 Å². The first-order valence-electron chi connectivity index (χ1n) is 5.07. The molecule has 3 rings (SSSR count). The molecule has 2 unspecified atom stereocenters. The van der Waals surface area contributed by atoms with E-state index < -0.39 is 0 Å². The van der Waals surface area contributed by atoms with E-state index >= 15 is 0 Å². The van der Waals surface area contributed by atoms with E-state index in [1.54, 1.807) is 6.07 Å². The van der Waals surface area contributed by atoms with Gasteiger partial charge in [0.15, 0.2) is 5.15 Å². The molecule has 0 saturated heterocycles. The number of fused-ring (bicyclic) bond motifs is 1. The molecule has 2 atom stereocenters. The second-order valence-electron chi connectivity index (χ2n) is 4.31. The van der Waals surface area contributed by atoms with Gasteiger partial charge in [0.25, 0.3) is 0 Å². The highest BCUT2D eigenvalue weighted by molar-refractivity contribution is 6.29. The maximum absolute atomic E-state index is 5.66. The Labute approximate surface area is 87.9 Å². The number of rotatable bonds is 2. The summed E-state index contributed by atoms with van der Waals surface area (Å²) in [6.07, 6.45) is 4.05. The Balaban J connectivity index is 1.64. The third-order valence-electron chi connectivity index (χ3n) is 3.23. The third-order valence-corrected chi connectivity index (χ3v) is 3.43. The van der Waals surface area contributed by atoms with Crippen LogP contribution in [0.5, 0.6) is 0 Å². The van der Waals surface area contributed by atoms with Crippen LogP contribution in [0.3, 0.4) is 0 Å². The Morgan fingerprint density at radius 1 is 1.14 bits per heavy atom. The van der Waals surface area contributed by atoms with E-state index in [0.717, 1.165) is 17.7 Å². The molecular weight excluding hydrogens is 198 g/mol. The molecule has 2 aliphatic rings. The van der Waals surface area contributed by atoms with Crippen LogP contribution in [0.25, 0.3) is 0 Å². The first-order valence-corrected chi connectivity index (χ1v) is 5.45. The number of halogens is 1. The second-order valence-corrected chi connectivity index (χ2v) is 4.70. The molecule has 0 radical (unpaired) electrons. The molecule has 0 amide bonds. The maximum Gasteiger partial charge on any atom is 0.151 e. The average molecular weight is 210 g/mol. The minimum Gasteiger partial charge on any atom is -0.366 e. The Bertz CT molecular complexity index is 328. The number of hydrogen-bond acceptors (Lipinski definition) is 3. The number of anilines is 1. The van der Waals surface area contributed by atoms with Crippen molar-refractivity contribution in [3.63, 3.8) is 0 Å². The highest BCUT2D eigenvalue weighted by Gasteiger charge is 2.45. The van der Waals surface area contributed by atoms with Crippen LogP contribution in [0.15, 0.2) is 12.1 Å². The molecule has 1 aromatic rings. The van der Waals surface area contributed by atoms with Gasteiger partial charge in [-0.2, -0.15) is 0 Å². The van der Waals surface area contributed by atoms with Crippen molar-refractivity contribution in [3.05, 3.63) is 17.3 Å². The number of hydrogen-bond donors (Lipinski definition) is 1. The summed E-state index contributed by atoms with van der Waals surface area (Å²) in [4.78, 5) is 0. The van der Waals surface area contributed by atoms with Gasteiger partial charge in [-0.25, -0.2) is 0 Å². The molecule has 1 N–H and O–H groups in total. The van der Waals surface area contributed by atoms with Crippen molar-refractivity contribution in [2.24, 2.45) is 11.8 Å². The van der Waals surface area contributed by atoms with Crippen LogP contribution >= 0.6 is 11.6 Å². The molecule has 1 heterocycles. The fourth-order valence-corrected chi connectivity index (χ4v) is 2.54. The standard InChI is InChI=1S/C10H12ClN3/c11-9-1-2-10(14-13-9)12-8-4-6-3-7(6)5-8/h1-2,6-8H,3-5H2,(H,12,14). The van der Waals surface area contributed by atoms with Crippen LogP contribution in [0.2, 0.25) is 5.15 Å². The van der Waals surface area contributed by atoms with Crippen LogP contribution in [0, 0.1) is 11.8 Å². The molecule has 2 saturated carbocycles. The quantitative estimate of drug-likeness (QED) is 0.813. The van der Waals surface area contributed by atoms with Gasteiger partial charge in [0, 0.05) is 6.04 Å². The molecule has 2 aliphatic carbocycles. The summed E-state index contributed by atoms with van der Waals surface area (Å²) < 4.78 is 0. The van der Waals surface area contributed by atoms with Gasteiger partial charge in [-0.05, 0) is 43.2 Å². The van der Waals surface area contributed by atoms with Crippen LogP contribution in [-0.2, 0) is 0 Å². The van der Waals surface area contributed by atoms with Gasteiger partial charge in [0.2, 0.25) is 0 Å². The monoisotopic (exact) mass is 209 g/mol. The molecule has 74 valence electrons. The highest BCUT2D eigenvalue weighted by atomic mass is 35.5. The van der Waals surface area contributed by atoms with Gasteiger partial charge in [-0.15, -0.1) is 10.2 Å². The van der Waals surface area contributed by atoms with E-state index in [1.807, 2.05) is 6.07 Å². The summed E-state index contributed by atoms with van der Waals surface area (Å²) in [7, 11) is 0. The molecule has 0 aromatic carbocycles. The molecule has 3 nitrogen and oxygen atoms in total. The van der Waals surface area contributed by atoms with E-state index in [0.29, 0.717) is 11.2 Å². The van der Waals surface area contributed by atoms with Crippen LogP contribution in [0.4, 0.5) is 5.82 Å². The summed E-state index contributed by atoms with van der Waals surface area (Å²) >= 11 is 5.66. The summed E-state index contributed by atoms with van der Waals surface area (Å²) in [5.41, 5.74) is 0. The lowest BCUT2D eigenvalue weighted by molar-refractivity contribution is 0.647. The zero-order valence-electron chi connectivity index (χ0n) is 7.78. The summed E-state index contributed by atoms with van der Waals surface area (Å²) in [5.74, 6) is 2.83. The van der Waals surface area contributed by atoms with Crippen molar-refractivity contribution in [2.45, 2.75) is 25.3 Å². The van der Waals surface area contributed by atoms with Crippen molar-refractivity contribution < 1.29 is 0 Å². The van der Waals surface area contributed by atoms with E-state index in [4.69, 9.17) is 11.6 Å². The predicted octanol–water partition coefficient (Wildman–Crippen LogP) is 2.34. The molecule has 0 spiro atoms. The Morgan fingerprint density at radius 3 is 2.57 bits per heavy atom. The van der Waals surface area contributed by atoms with E-state index in [1.165, 1.54) is 19.3 Å². The molecule has 4 heteroatoms. The van der Waals surface area contributed by atoms with Gasteiger partial charge in [-0.3, -0.25) is 0 Å². The minimum absolute atomic E-state index is 0.449. The minimum atomic E-state index is 0.449. The Hall–Kier alpha value is -0.830. The van der Waals surface area contributed by atoms with Gasteiger partial charge < -0.3 is 5.32 Å². The topological polar surface area (TPSA) is 37.8 Å². The van der Waals surface area contributed by atoms with Gasteiger partial charge >= 0.3 is 0 Å². The average Bonchev–Trinajstić information content (AvgIpc) is 2.79. The van der Waals surface area contributed by atoms with Crippen molar-refractivity contribution in [3.8, 4) is 0 Å². The van der Waals surface area contributed by atoms with Gasteiger partial charge in [0.05, 0.1) is 0 Å². The van der Waals surface area contributed by atoms with E-state index in [9.17, 15) is 0 Å². The molecule has 0 aliphatic heterocycles. The largest absolute Gasteiger partial charge is 0.366 e. The molecule has 1 aromatic heterocycles. The van der Waals surface area contributed by atoms with Crippen molar-refractivity contribution in [1.29, 1.82) is 0 Å². The SMILES string of the molecule is Clc1ccc(NC2CC3CC3C2)nn1. The van der Waals surface area contributed by atoms with Crippen LogP contribution in [-0.4, -0.2) is 16.2 Å². The smallest absolute Gasteiger partial charge is 0.151 e. The lowest BCUT2D eigenvalue weighted by atomic mass is 10.1. The number of aromatic nitrogens is 2. The summed E-state index contributed by atoms with van der Waals surface area (Å²) in [6.45, 7) is 0. The zero-order valence-corrected chi connectivity index (χ0v) is 8.54. The van der Waals surface area contributed by atoms with Gasteiger partial charge in [-0.1, -0.05) is 11.6 Å². The molecule has 2 fully saturated rings. The van der Waals surface area contributed by atoms with Crippen molar-refractivity contribution in [1.82, 2.24) is 10.2 Å². The van der Waals surface area contributed by atoms with Crippen molar-refractivity contribution in [2.75, 3.05) is 5.32 Å². The molecule has 0 bridgehead atoms. The van der Waals surface area contributed by atoms with Crippen molar-refractivity contribution >= 4 is 17.4 Å². The highest BCUT2D eigenvalue weighted by Crippen LogP contribution is 2.52. The fraction of sp³-hybridized carbons (Fsp3) is 0.600. The van der Waals surface area contributed by atoms with E-state index in [-0.39, 0.29) is 0 Å². The lowest BCUT2D eigenvalue weighted by Gasteiger charge is -2.13. The normalized spacial score (nSPS) is 33.9. The number of nitrogens with one attached hydrogen (secondary N) is 1. The Morgan fingerprint density at radius 2 is 1.93 bits per heavy atom. The first-order chi connectivity index (χ1) is 6.81. The Kier molecular flexibility index (Phi) is 1.87. The van der Waals surface area contributed by atoms with Gasteiger partial charge in [0.1, 0.15) is 5.82 Å². The predicted molar refractivity (Wildman–Crippen MR) is 55.3 cm³/mol. The maximum atomic E-state index is 5.66. The number of nitrogens with zero attached hydrogens (tertiary/aromatic N) is 2. The molecule has 14 heavy (non-hydrogen) atoms.